The molecular weight excluding hydrogens is 412 g/mol. The van der Waals surface area contributed by atoms with E-state index < -0.39 is 40.9 Å². The molecule has 0 radical (unpaired) electrons. The molecule has 0 saturated heterocycles. The van der Waals surface area contributed by atoms with Crippen molar-refractivity contribution in [2.45, 2.75) is 64.6 Å². The van der Waals surface area contributed by atoms with E-state index in [9.17, 15) is 24.6 Å². The SMILES string of the molecule is CCOCC(=O)OCC(=O)[C@@]1(O)CC[C@H]2[C@@H]3CCC4=CC(=O)C=C[C@]4(C)[C@H]3[C@@H](O)C[C@@]21C. The Kier molecular flexibility index (Phi) is 5.97. The fraction of sp³-hybridized carbons (Fsp3) is 0.720. The van der Waals surface area contributed by atoms with Crippen LogP contribution >= 0.6 is 0 Å². The molecule has 32 heavy (non-hydrogen) atoms. The Labute approximate surface area is 188 Å². The second-order valence-corrected chi connectivity index (χ2v) is 10.3. The smallest absolute Gasteiger partial charge is 0.332 e. The van der Waals surface area contributed by atoms with E-state index in [-0.39, 0.29) is 30.1 Å². The third kappa shape index (κ3) is 3.40. The van der Waals surface area contributed by atoms with Crippen molar-refractivity contribution in [2.24, 2.45) is 28.6 Å². The van der Waals surface area contributed by atoms with E-state index in [2.05, 4.69) is 6.92 Å². The molecule has 4 aliphatic carbocycles. The van der Waals surface area contributed by atoms with Gasteiger partial charge >= 0.3 is 5.97 Å². The first-order valence-electron chi connectivity index (χ1n) is 11.7. The fourth-order valence-corrected chi connectivity index (χ4v) is 7.28. The highest BCUT2D eigenvalue weighted by Gasteiger charge is 2.68. The summed E-state index contributed by atoms with van der Waals surface area (Å²) in [5.41, 5.74) is -1.77. The van der Waals surface area contributed by atoms with Crippen LogP contribution in [0.5, 0.6) is 0 Å². The monoisotopic (exact) mass is 446 g/mol. The first-order chi connectivity index (χ1) is 15.1. The van der Waals surface area contributed by atoms with Crippen molar-refractivity contribution in [1.82, 2.24) is 0 Å². The Morgan fingerprint density at radius 1 is 1.22 bits per heavy atom. The molecule has 4 rings (SSSR count). The maximum Gasteiger partial charge on any atom is 0.332 e. The van der Waals surface area contributed by atoms with Crippen molar-refractivity contribution in [3.05, 3.63) is 23.8 Å². The molecule has 0 aromatic rings. The number of hydrogen-bond acceptors (Lipinski definition) is 7. The standard InChI is InChI=1S/C25H34O7/c1-4-31-14-21(29)32-13-20(28)25(30)10-8-18-17-6-5-15-11-16(26)7-9-23(15,2)22(17)19(27)12-24(18,25)3/h7,9,11,17-19,22,27,30H,4-6,8,10,12-14H2,1-3H3/t17-,18-,19-,22+,23-,24-,25-/m0/s1. The van der Waals surface area contributed by atoms with Gasteiger partial charge in [-0.15, -0.1) is 0 Å². The molecule has 0 bridgehead atoms. The van der Waals surface area contributed by atoms with Crippen LogP contribution in [0.15, 0.2) is 23.8 Å². The summed E-state index contributed by atoms with van der Waals surface area (Å²) in [6.45, 7) is 5.39. The highest BCUT2D eigenvalue weighted by molar-refractivity contribution is 6.01. The minimum absolute atomic E-state index is 0.00853. The molecule has 176 valence electrons. The Balaban J connectivity index is 1.56. The Hall–Kier alpha value is -1.83. The maximum atomic E-state index is 13.1. The summed E-state index contributed by atoms with van der Waals surface area (Å²) in [5, 5.41) is 22.9. The molecule has 0 spiro atoms. The molecule has 3 fully saturated rings. The molecule has 7 atom stereocenters. The lowest BCUT2D eigenvalue weighted by Gasteiger charge is -2.59. The third-order valence-electron chi connectivity index (χ3n) is 8.90. The number of Topliss-reactive ketones (excluding diaryl/α,β-unsaturated/α-hetero) is 1. The van der Waals surface area contributed by atoms with Crippen LogP contribution in [0, 0.1) is 28.6 Å². The molecule has 0 heterocycles. The van der Waals surface area contributed by atoms with Crippen molar-refractivity contribution in [1.29, 1.82) is 0 Å². The van der Waals surface area contributed by atoms with Gasteiger partial charge in [-0.3, -0.25) is 9.59 Å². The molecule has 0 aliphatic heterocycles. The minimum atomic E-state index is -1.65. The maximum absolute atomic E-state index is 13.1. The largest absolute Gasteiger partial charge is 0.456 e. The van der Waals surface area contributed by atoms with Gasteiger partial charge in [-0.25, -0.2) is 4.79 Å². The highest BCUT2D eigenvalue weighted by atomic mass is 16.6. The quantitative estimate of drug-likeness (QED) is 0.602. The van der Waals surface area contributed by atoms with Gasteiger partial charge in [0.1, 0.15) is 12.2 Å². The summed E-state index contributed by atoms with van der Waals surface area (Å²) in [6.07, 6.45) is 7.38. The zero-order valence-corrected chi connectivity index (χ0v) is 19.1. The van der Waals surface area contributed by atoms with Crippen LogP contribution in [0.2, 0.25) is 0 Å². The first kappa shape index (κ1) is 23.3. The molecule has 2 N–H and O–H groups in total. The average Bonchev–Trinajstić information content (AvgIpc) is 3.02. The number of ketones is 2. The number of esters is 1. The number of fused-ring (bicyclic) bond motifs is 5. The molecular formula is C25H34O7. The van der Waals surface area contributed by atoms with Crippen LogP contribution in [-0.4, -0.2) is 59.3 Å². The summed E-state index contributed by atoms with van der Waals surface area (Å²) in [6, 6.07) is 0. The molecule has 0 aromatic heterocycles. The van der Waals surface area contributed by atoms with Crippen LogP contribution < -0.4 is 0 Å². The lowest BCUT2D eigenvalue weighted by atomic mass is 9.46. The second-order valence-electron chi connectivity index (χ2n) is 10.3. The Morgan fingerprint density at radius 3 is 2.69 bits per heavy atom. The summed E-state index contributed by atoms with van der Waals surface area (Å²) >= 11 is 0. The zero-order valence-electron chi connectivity index (χ0n) is 19.1. The summed E-state index contributed by atoms with van der Waals surface area (Å²) in [5.74, 6) is -1.02. The highest BCUT2D eigenvalue weighted by Crippen LogP contribution is 2.67. The predicted molar refractivity (Wildman–Crippen MR) is 115 cm³/mol. The number of carbonyl (C=O) groups excluding carboxylic acids is 3. The molecule has 7 nitrogen and oxygen atoms in total. The van der Waals surface area contributed by atoms with Crippen molar-refractivity contribution < 1.29 is 34.1 Å². The number of allylic oxidation sites excluding steroid dienone is 4. The molecule has 7 heteroatoms. The molecule has 3 saturated carbocycles. The number of ether oxygens (including phenoxy) is 2. The molecule has 0 unspecified atom stereocenters. The van der Waals surface area contributed by atoms with Crippen LogP contribution in [0.4, 0.5) is 0 Å². The van der Waals surface area contributed by atoms with E-state index in [1.807, 2.05) is 13.0 Å². The van der Waals surface area contributed by atoms with Crippen LogP contribution in [0.1, 0.15) is 52.9 Å². The lowest BCUT2D eigenvalue weighted by Crippen LogP contribution is -2.61. The fourth-order valence-electron chi connectivity index (χ4n) is 7.28. The van der Waals surface area contributed by atoms with E-state index in [0.29, 0.717) is 25.9 Å². The normalized spacial score (nSPS) is 42.5. The second kappa shape index (κ2) is 8.19. The van der Waals surface area contributed by atoms with Gasteiger partial charge in [-0.05, 0) is 63.0 Å². The van der Waals surface area contributed by atoms with Gasteiger partial charge in [0, 0.05) is 23.4 Å². The number of aliphatic hydroxyl groups excluding tert-OH is 1. The number of rotatable bonds is 6. The number of hydrogen-bond donors (Lipinski definition) is 2. The molecule has 0 amide bonds. The van der Waals surface area contributed by atoms with E-state index in [1.54, 1.807) is 19.1 Å². The van der Waals surface area contributed by atoms with Gasteiger partial charge in [0.2, 0.25) is 5.78 Å². The van der Waals surface area contributed by atoms with E-state index in [0.717, 1.165) is 18.4 Å². The zero-order chi connectivity index (χ0) is 23.3. The predicted octanol–water partition coefficient (Wildman–Crippen LogP) is 2.14. The van der Waals surface area contributed by atoms with Crippen molar-refractivity contribution in [3.63, 3.8) is 0 Å². The lowest BCUT2D eigenvalue weighted by molar-refractivity contribution is -0.181. The summed E-state index contributed by atoms with van der Waals surface area (Å²) < 4.78 is 10.1. The van der Waals surface area contributed by atoms with Crippen molar-refractivity contribution in [3.8, 4) is 0 Å². The van der Waals surface area contributed by atoms with Crippen molar-refractivity contribution in [2.75, 3.05) is 19.8 Å². The minimum Gasteiger partial charge on any atom is -0.456 e. The van der Waals surface area contributed by atoms with Gasteiger partial charge in [-0.1, -0.05) is 25.5 Å². The third-order valence-corrected chi connectivity index (χ3v) is 8.90. The van der Waals surface area contributed by atoms with Crippen LogP contribution in [0.25, 0.3) is 0 Å². The van der Waals surface area contributed by atoms with E-state index in [1.165, 1.54) is 0 Å². The molecule has 0 aromatic carbocycles. The number of carbonyl (C=O) groups is 3. The van der Waals surface area contributed by atoms with Gasteiger partial charge in [0.15, 0.2) is 12.4 Å². The van der Waals surface area contributed by atoms with Gasteiger partial charge in [0.05, 0.1) is 6.10 Å². The Bertz CT molecular complexity index is 876. The van der Waals surface area contributed by atoms with Gasteiger partial charge in [-0.2, -0.15) is 0 Å². The van der Waals surface area contributed by atoms with Crippen LogP contribution in [-0.2, 0) is 23.9 Å². The first-order valence-corrected chi connectivity index (χ1v) is 11.7. The summed E-state index contributed by atoms with van der Waals surface area (Å²) in [4.78, 5) is 36.8. The van der Waals surface area contributed by atoms with Gasteiger partial charge in [0.25, 0.3) is 0 Å². The topological polar surface area (TPSA) is 110 Å². The van der Waals surface area contributed by atoms with E-state index >= 15 is 0 Å². The number of aliphatic hydroxyl groups is 2. The average molecular weight is 447 g/mol. The molecule has 4 aliphatic rings. The van der Waals surface area contributed by atoms with E-state index in [4.69, 9.17) is 9.47 Å². The van der Waals surface area contributed by atoms with Gasteiger partial charge < -0.3 is 19.7 Å². The van der Waals surface area contributed by atoms with Crippen LogP contribution in [0.3, 0.4) is 0 Å². The van der Waals surface area contributed by atoms with Crippen molar-refractivity contribution >= 4 is 17.5 Å². The summed E-state index contributed by atoms with van der Waals surface area (Å²) in [7, 11) is 0. The Morgan fingerprint density at radius 2 is 1.97 bits per heavy atom.